The summed E-state index contributed by atoms with van der Waals surface area (Å²) in [5, 5.41) is 4.96. The van der Waals surface area contributed by atoms with Crippen molar-refractivity contribution in [1.29, 1.82) is 0 Å². The fraction of sp³-hybridized carbons (Fsp3) is 0.0323. The van der Waals surface area contributed by atoms with E-state index in [1.54, 1.807) is 0 Å². The van der Waals surface area contributed by atoms with Gasteiger partial charge in [-0.3, -0.25) is 0 Å². The lowest BCUT2D eigenvalue weighted by Gasteiger charge is -2.45. The topological polar surface area (TPSA) is 13.1 Å². The van der Waals surface area contributed by atoms with E-state index in [9.17, 15) is 0 Å². The number of para-hydroxylation sites is 3. The van der Waals surface area contributed by atoms with E-state index in [4.69, 9.17) is 0 Å². The van der Waals surface area contributed by atoms with Crippen molar-refractivity contribution in [2.45, 2.75) is 12.3 Å². The fourth-order valence-electron chi connectivity index (χ4n) is 11.0. The van der Waals surface area contributed by atoms with Crippen molar-refractivity contribution in [2.24, 2.45) is 0 Å². The van der Waals surface area contributed by atoms with Gasteiger partial charge in [-0.05, 0) is 107 Å². The van der Waals surface area contributed by atoms with Crippen LogP contribution >= 0.6 is 0 Å². The Morgan fingerprint density at radius 1 is 0.338 bits per heavy atom. The van der Waals surface area contributed by atoms with Crippen LogP contribution < -0.4 is 4.90 Å². The number of benzene rings is 10. The van der Waals surface area contributed by atoms with Crippen LogP contribution in [-0.4, -0.2) is 9.13 Å². The zero-order valence-electron chi connectivity index (χ0n) is 35.9. The summed E-state index contributed by atoms with van der Waals surface area (Å²) in [6.45, 7) is 2.47. The van der Waals surface area contributed by atoms with Crippen LogP contribution in [0.15, 0.2) is 243 Å². The van der Waals surface area contributed by atoms with Gasteiger partial charge in [0.2, 0.25) is 0 Å². The molecule has 0 aliphatic carbocycles. The first-order chi connectivity index (χ1) is 32.2. The Bertz CT molecular complexity index is 3750. The number of anilines is 3. The molecule has 0 radical (unpaired) electrons. The highest BCUT2D eigenvalue weighted by Gasteiger charge is 2.45. The minimum atomic E-state index is -0.563. The van der Waals surface area contributed by atoms with Gasteiger partial charge < -0.3 is 14.0 Å². The number of fused-ring (bicyclic) bond motifs is 10. The van der Waals surface area contributed by atoms with Crippen molar-refractivity contribution >= 4 is 60.7 Å². The van der Waals surface area contributed by atoms with Crippen LogP contribution in [0.2, 0.25) is 0 Å². The van der Waals surface area contributed by atoms with E-state index in [0.29, 0.717) is 0 Å². The Kier molecular flexibility index (Phi) is 8.34. The van der Waals surface area contributed by atoms with E-state index in [1.807, 2.05) is 0 Å². The van der Waals surface area contributed by atoms with Gasteiger partial charge >= 0.3 is 0 Å². The van der Waals surface area contributed by atoms with Crippen LogP contribution in [0.3, 0.4) is 0 Å². The molecule has 0 saturated heterocycles. The molecule has 0 N–H and O–H groups in total. The van der Waals surface area contributed by atoms with Gasteiger partial charge in [0.1, 0.15) is 0 Å². The second kappa shape index (κ2) is 14.6. The van der Waals surface area contributed by atoms with E-state index in [2.05, 4.69) is 264 Å². The largest absolute Gasteiger partial charge is 0.309 e. The molecule has 1 aliphatic heterocycles. The maximum atomic E-state index is 2.56. The summed E-state index contributed by atoms with van der Waals surface area (Å²) in [6, 6.07) is 89.1. The monoisotopic (exact) mass is 829 g/mol. The average Bonchev–Trinajstić information content (AvgIpc) is 3.91. The van der Waals surface area contributed by atoms with E-state index >= 15 is 0 Å². The first-order valence-electron chi connectivity index (χ1n) is 22.5. The molecule has 0 fully saturated rings. The summed E-state index contributed by atoms with van der Waals surface area (Å²) in [4.78, 5) is 2.56. The second-order valence-corrected chi connectivity index (χ2v) is 17.4. The number of hydrogen-bond donors (Lipinski definition) is 0. The minimum Gasteiger partial charge on any atom is -0.309 e. The summed E-state index contributed by atoms with van der Waals surface area (Å²) >= 11 is 0. The third kappa shape index (κ3) is 5.55. The maximum absolute atomic E-state index is 2.56. The van der Waals surface area contributed by atoms with Crippen molar-refractivity contribution in [3.05, 3.63) is 259 Å². The highest BCUT2D eigenvalue weighted by molar-refractivity contribution is 6.21. The maximum Gasteiger partial charge on any atom is 0.0606 e. The molecule has 1 unspecified atom stereocenters. The van der Waals surface area contributed by atoms with E-state index in [-0.39, 0.29) is 0 Å². The van der Waals surface area contributed by atoms with E-state index < -0.39 is 5.41 Å². The summed E-state index contributed by atoms with van der Waals surface area (Å²) in [5.74, 6) is 0. The molecule has 1 atom stereocenters. The number of hydrogen-bond acceptors (Lipinski definition) is 1. The van der Waals surface area contributed by atoms with Crippen molar-refractivity contribution < 1.29 is 0 Å². The van der Waals surface area contributed by atoms with Crippen molar-refractivity contribution in [3.8, 4) is 33.6 Å². The summed E-state index contributed by atoms with van der Waals surface area (Å²) in [7, 11) is 0. The van der Waals surface area contributed by atoms with Crippen LogP contribution in [0.5, 0.6) is 0 Å². The molecule has 3 heteroatoms. The van der Waals surface area contributed by atoms with Gasteiger partial charge in [-0.25, -0.2) is 0 Å². The highest BCUT2D eigenvalue weighted by Crippen LogP contribution is 2.60. The number of aromatic nitrogens is 2. The molecule has 0 saturated carbocycles. The predicted octanol–water partition coefficient (Wildman–Crippen LogP) is 16.4. The molecule has 306 valence electrons. The highest BCUT2D eigenvalue weighted by atomic mass is 15.2. The average molecular weight is 830 g/mol. The molecular weight excluding hydrogens is 787 g/mol. The van der Waals surface area contributed by atoms with Gasteiger partial charge in [0, 0.05) is 49.6 Å². The Morgan fingerprint density at radius 3 is 1.51 bits per heavy atom. The second-order valence-electron chi connectivity index (χ2n) is 17.4. The van der Waals surface area contributed by atoms with Crippen LogP contribution in [0.4, 0.5) is 17.1 Å². The fourth-order valence-corrected chi connectivity index (χ4v) is 11.0. The van der Waals surface area contributed by atoms with E-state index in [0.717, 1.165) is 17.1 Å². The molecule has 65 heavy (non-hydrogen) atoms. The van der Waals surface area contributed by atoms with Gasteiger partial charge in [0.15, 0.2) is 0 Å². The molecule has 3 nitrogen and oxygen atoms in total. The molecular formula is C62H43N3. The third-order valence-corrected chi connectivity index (χ3v) is 13.9. The molecule has 0 spiro atoms. The summed E-state index contributed by atoms with van der Waals surface area (Å²) in [6.07, 6.45) is 0. The first-order valence-corrected chi connectivity index (χ1v) is 22.5. The molecule has 3 heterocycles. The Morgan fingerprint density at radius 2 is 0.831 bits per heavy atom. The summed E-state index contributed by atoms with van der Waals surface area (Å²) in [5.41, 5.74) is 18.6. The van der Waals surface area contributed by atoms with Gasteiger partial charge in [0.25, 0.3) is 0 Å². The molecule has 10 aromatic carbocycles. The molecule has 12 aromatic rings. The van der Waals surface area contributed by atoms with E-state index in [1.165, 1.54) is 93.9 Å². The molecule has 2 aromatic heterocycles. The smallest absolute Gasteiger partial charge is 0.0606 e. The molecule has 0 bridgehead atoms. The van der Waals surface area contributed by atoms with Crippen LogP contribution in [0.25, 0.3) is 77.2 Å². The Hall–Kier alpha value is -8.40. The molecule has 1 aliphatic rings. The van der Waals surface area contributed by atoms with Gasteiger partial charge in [-0.15, -0.1) is 0 Å². The molecule has 0 amide bonds. The van der Waals surface area contributed by atoms with Crippen molar-refractivity contribution in [3.63, 3.8) is 0 Å². The normalized spacial score (nSPS) is 14.6. The lowest BCUT2D eigenvalue weighted by Crippen LogP contribution is -2.34. The van der Waals surface area contributed by atoms with Crippen molar-refractivity contribution in [2.75, 3.05) is 4.90 Å². The SMILES string of the molecule is CC1(c2ccccc2)c2ccc3c(c2N(c2ccccc2)c2ccc4c(c21)c1ccccc1n4-c1cccc(-c2ccccc2)c1)c1ccccc1n3-c1ccc(-c2ccccc2)cc1. The van der Waals surface area contributed by atoms with Gasteiger partial charge in [-0.1, -0.05) is 176 Å². The number of rotatable bonds is 6. The standard InChI is InChI=1S/C62H43N3/c1-62(46-24-10-4-11-25-46)52-37-38-56-59(51-30-15-17-32-54(51)63(56)48-35-33-44(34-36-48)42-19-6-2-7-20-42)61(52)65(47-26-12-5-13-27-47)57-40-39-55-58(60(57)62)50-29-14-16-31-53(50)64(55)49-28-18-23-45(41-49)43-21-8-3-9-22-43/h2-41H,1H3. The zero-order chi connectivity index (χ0) is 43.1. The lowest BCUT2D eigenvalue weighted by molar-refractivity contribution is 0.690. The lowest BCUT2D eigenvalue weighted by atomic mass is 9.66. The number of nitrogens with zero attached hydrogens (tertiary/aromatic N) is 3. The van der Waals surface area contributed by atoms with Crippen molar-refractivity contribution in [1.82, 2.24) is 9.13 Å². The first kappa shape index (κ1) is 37.2. The quantitative estimate of drug-likeness (QED) is 0.163. The molecule has 13 rings (SSSR count). The predicted molar refractivity (Wildman–Crippen MR) is 273 cm³/mol. The van der Waals surface area contributed by atoms with Crippen LogP contribution in [-0.2, 0) is 5.41 Å². The Balaban J connectivity index is 1.14. The van der Waals surface area contributed by atoms with Crippen LogP contribution in [0.1, 0.15) is 23.6 Å². The van der Waals surface area contributed by atoms with Gasteiger partial charge in [-0.2, -0.15) is 0 Å². The van der Waals surface area contributed by atoms with Gasteiger partial charge in [0.05, 0.1) is 33.4 Å². The van der Waals surface area contributed by atoms with Crippen LogP contribution in [0, 0.1) is 0 Å². The summed E-state index contributed by atoms with van der Waals surface area (Å²) < 4.78 is 4.93. The third-order valence-electron chi connectivity index (χ3n) is 13.9. The zero-order valence-corrected chi connectivity index (χ0v) is 35.9. The Labute approximate surface area is 378 Å². The minimum absolute atomic E-state index is 0.563.